The van der Waals surface area contributed by atoms with Gasteiger partial charge in [0, 0.05) is 12.8 Å². The summed E-state index contributed by atoms with van der Waals surface area (Å²) in [5.74, 6) is 0.114. The normalized spacial score (nSPS) is 17.8. The lowest BCUT2D eigenvalue weighted by molar-refractivity contribution is -0.448. The Morgan fingerprint density at radius 2 is 1.75 bits per heavy atom. The minimum atomic E-state index is -0.554. The predicted octanol–water partition coefficient (Wildman–Crippen LogP) is 3.21. The summed E-state index contributed by atoms with van der Waals surface area (Å²) in [5, 5.41) is 0. The van der Waals surface area contributed by atoms with E-state index in [2.05, 4.69) is 0 Å². The van der Waals surface area contributed by atoms with E-state index in [4.69, 9.17) is 24.6 Å². The monoisotopic (exact) mass is 314 g/mol. The number of thiocarbonyl (C=S) groups is 1. The summed E-state index contributed by atoms with van der Waals surface area (Å²) in [5.41, 5.74) is 0. The van der Waals surface area contributed by atoms with Gasteiger partial charge in [0.05, 0.1) is 0 Å². The van der Waals surface area contributed by atoms with Crippen LogP contribution in [0.2, 0.25) is 0 Å². The number of Topliss-reactive ketones (excluding diaryl/α,β-unsaturated/α-hetero) is 1. The van der Waals surface area contributed by atoms with E-state index in [-0.39, 0.29) is 17.6 Å². The van der Waals surface area contributed by atoms with E-state index in [9.17, 15) is 9.59 Å². The molecule has 1 atom stereocenters. The van der Waals surface area contributed by atoms with Crippen LogP contribution >= 0.6 is 12.2 Å². The van der Waals surface area contributed by atoms with Crippen molar-refractivity contribution in [3.63, 3.8) is 0 Å². The van der Waals surface area contributed by atoms with E-state index >= 15 is 0 Å². The maximum Gasteiger partial charge on any atom is 0.440 e. The molecule has 0 radical (unpaired) electrons. The highest BCUT2D eigenvalue weighted by Crippen LogP contribution is 2.27. The number of ketones is 1. The fourth-order valence-corrected chi connectivity index (χ4v) is 3.79. The van der Waals surface area contributed by atoms with Crippen molar-refractivity contribution in [3.05, 3.63) is 0 Å². The van der Waals surface area contributed by atoms with E-state index in [1.807, 2.05) is 13.8 Å². The molecule has 1 saturated carbocycles. The molecular weight excluding hydrogens is 290 g/mol. The fourth-order valence-electron chi connectivity index (χ4n) is 2.90. The SMILES string of the molecule is CC(=O)[C@H](C(C)C)[N+](=S)C(=O)C(=S)CC1CCCCC1. The molecule has 1 rings (SSSR count). The van der Waals surface area contributed by atoms with Gasteiger partial charge in [-0.15, -0.1) is 0 Å². The van der Waals surface area contributed by atoms with Gasteiger partial charge < -0.3 is 0 Å². The number of rotatable bonds is 6. The standard InChI is InChI=1S/C15H24NO2S2/c1-10(2)14(11(3)17)16(20)15(18)13(19)9-12-7-5-4-6-8-12/h10,12,14H,4-9H2,1-3H3/q+1/t14-/m0/s1. The Labute approximate surface area is 132 Å². The molecule has 3 nitrogen and oxygen atoms in total. The largest absolute Gasteiger partial charge is 0.440 e. The molecule has 1 fully saturated rings. The lowest BCUT2D eigenvalue weighted by Gasteiger charge is -2.20. The molecule has 0 aliphatic heterocycles. The summed E-state index contributed by atoms with van der Waals surface area (Å²) < 4.78 is 1.12. The van der Waals surface area contributed by atoms with Gasteiger partial charge >= 0.3 is 5.91 Å². The first kappa shape index (κ1) is 17.5. The Kier molecular flexibility index (Phi) is 7.03. The van der Waals surface area contributed by atoms with Crippen molar-refractivity contribution in [3.8, 4) is 0 Å². The number of carbonyl (C=O) groups is 2. The van der Waals surface area contributed by atoms with Crippen LogP contribution in [0, 0.1) is 11.8 Å². The van der Waals surface area contributed by atoms with Crippen LogP contribution in [0.5, 0.6) is 0 Å². The second-order valence-corrected chi connectivity index (χ2v) is 6.95. The molecule has 0 spiro atoms. The highest BCUT2D eigenvalue weighted by Gasteiger charge is 2.37. The summed E-state index contributed by atoms with van der Waals surface area (Å²) in [7, 11) is 0. The molecule has 1 aliphatic carbocycles. The average molecular weight is 314 g/mol. The van der Waals surface area contributed by atoms with Crippen molar-refractivity contribution in [2.75, 3.05) is 0 Å². The van der Waals surface area contributed by atoms with Crippen molar-refractivity contribution in [1.82, 2.24) is 0 Å². The Hall–Kier alpha value is -0.550. The second kappa shape index (κ2) is 8.03. The summed E-state index contributed by atoms with van der Waals surface area (Å²) in [6, 6.07) is -0.554. The maximum atomic E-state index is 12.3. The van der Waals surface area contributed by atoms with Crippen LogP contribution in [0.4, 0.5) is 0 Å². The molecule has 20 heavy (non-hydrogen) atoms. The predicted molar refractivity (Wildman–Crippen MR) is 85.7 cm³/mol. The molecule has 0 N–H and O–H groups in total. The third-order valence-electron chi connectivity index (χ3n) is 3.94. The molecular formula is C15H24NO2S2+. The smallest absolute Gasteiger partial charge is 0.292 e. The fraction of sp³-hybridized carbons (Fsp3) is 0.800. The van der Waals surface area contributed by atoms with Gasteiger partial charge in [-0.25, -0.2) is 4.79 Å². The number of carbonyl (C=O) groups excluding carboxylic acids is 2. The van der Waals surface area contributed by atoms with Gasteiger partial charge in [0.25, 0.3) is 12.4 Å². The van der Waals surface area contributed by atoms with Gasteiger partial charge in [0.2, 0.25) is 6.04 Å². The van der Waals surface area contributed by atoms with Crippen LogP contribution in [-0.4, -0.2) is 26.5 Å². The van der Waals surface area contributed by atoms with E-state index < -0.39 is 6.04 Å². The van der Waals surface area contributed by atoms with Crippen LogP contribution in [-0.2, 0) is 22.0 Å². The highest BCUT2D eigenvalue weighted by molar-refractivity contribution is 7.82. The number of hydrogen-bond acceptors (Lipinski definition) is 4. The van der Waals surface area contributed by atoms with E-state index in [1.165, 1.54) is 26.2 Å². The van der Waals surface area contributed by atoms with Crippen molar-refractivity contribution in [1.29, 1.82) is 0 Å². The van der Waals surface area contributed by atoms with Gasteiger partial charge in [-0.2, -0.15) is 0 Å². The molecule has 0 aromatic heterocycles. The minimum Gasteiger partial charge on any atom is -0.292 e. The van der Waals surface area contributed by atoms with Gasteiger partial charge in [0.15, 0.2) is 5.78 Å². The van der Waals surface area contributed by atoms with Crippen molar-refractivity contribution >= 4 is 41.2 Å². The molecule has 0 saturated heterocycles. The lowest BCUT2D eigenvalue weighted by Crippen LogP contribution is -2.42. The Bertz CT molecular complexity index is 412. The van der Waals surface area contributed by atoms with Crippen molar-refractivity contribution in [2.45, 2.75) is 65.3 Å². The highest BCUT2D eigenvalue weighted by atomic mass is 32.1. The zero-order chi connectivity index (χ0) is 15.3. The van der Waals surface area contributed by atoms with E-state index in [0.717, 1.165) is 16.8 Å². The van der Waals surface area contributed by atoms with E-state index in [1.54, 1.807) is 0 Å². The van der Waals surface area contributed by atoms with Crippen LogP contribution in [0.3, 0.4) is 0 Å². The van der Waals surface area contributed by atoms with Crippen LogP contribution in [0.1, 0.15) is 59.3 Å². The lowest BCUT2D eigenvalue weighted by atomic mass is 9.86. The van der Waals surface area contributed by atoms with Gasteiger partial charge in [-0.1, -0.05) is 62.1 Å². The summed E-state index contributed by atoms with van der Waals surface area (Å²) in [6.45, 7) is 5.26. The van der Waals surface area contributed by atoms with Crippen LogP contribution < -0.4 is 0 Å². The van der Waals surface area contributed by atoms with E-state index in [0.29, 0.717) is 17.2 Å². The second-order valence-electron chi connectivity index (χ2n) is 6.06. The minimum absolute atomic E-state index is 0.00595. The first-order valence-corrected chi connectivity index (χ1v) is 8.16. The number of nitrogens with zero attached hydrogens (tertiary/aromatic N) is 1. The average Bonchev–Trinajstić information content (AvgIpc) is 2.37. The molecule has 5 heteroatoms. The molecule has 0 bridgehead atoms. The first-order chi connectivity index (χ1) is 9.34. The molecule has 0 heterocycles. The third kappa shape index (κ3) is 4.77. The quantitative estimate of drug-likeness (QED) is 0.557. The molecule has 0 aromatic carbocycles. The zero-order valence-corrected chi connectivity index (χ0v) is 14.2. The third-order valence-corrected chi connectivity index (χ3v) is 4.67. The summed E-state index contributed by atoms with van der Waals surface area (Å²) in [4.78, 5) is 24.3. The van der Waals surface area contributed by atoms with Crippen molar-refractivity contribution < 1.29 is 13.5 Å². The Balaban J connectivity index is 2.65. The van der Waals surface area contributed by atoms with Gasteiger partial charge in [-0.05, 0) is 12.3 Å². The zero-order valence-electron chi connectivity index (χ0n) is 12.6. The summed E-state index contributed by atoms with van der Waals surface area (Å²) in [6.07, 6.45) is 6.66. The van der Waals surface area contributed by atoms with Crippen LogP contribution in [0.15, 0.2) is 0 Å². The molecule has 1 amide bonds. The number of amides is 1. The maximum absolute atomic E-state index is 12.3. The first-order valence-electron chi connectivity index (χ1n) is 7.38. The Morgan fingerprint density at radius 3 is 2.20 bits per heavy atom. The topological polar surface area (TPSA) is 37.1 Å². The molecule has 0 unspecified atom stereocenters. The molecule has 0 aromatic rings. The molecule has 1 aliphatic rings. The molecule has 112 valence electrons. The van der Waals surface area contributed by atoms with Gasteiger partial charge in [-0.3, -0.25) is 4.79 Å². The van der Waals surface area contributed by atoms with Gasteiger partial charge in [0.1, 0.15) is 4.86 Å². The Morgan fingerprint density at radius 1 is 1.20 bits per heavy atom. The van der Waals surface area contributed by atoms with Crippen LogP contribution in [0.25, 0.3) is 0 Å². The van der Waals surface area contributed by atoms with Crippen molar-refractivity contribution in [2.24, 2.45) is 11.8 Å². The number of hydrogen-bond donors (Lipinski definition) is 0. The summed E-state index contributed by atoms with van der Waals surface area (Å²) >= 11 is 10.4.